The minimum atomic E-state index is -1.09. The molecule has 1 amide bonds. The molecule has 0 unspecified atom stereocenters. The molecule has 0 saturated carbocycles. The topological polar surface area (TPSA) is 79.3 Å². The first-order chi connectivity index (χ1) is 9.58. The summed E-state index contributed by atoms with van der Waals surface area (Å²) in [4.78, 5) is 26.3. The maximum atomic E-state index is 11.9. The van der Waals surface area contributed by atoms with Crippen LogP contribution in [-0.2, 0) is 6.54 Å². The van der Waals surface area contributed by atoms with Crippen molar-refractivity contribution in [3.05, 3.63) is 64.4 Å². The van der Waals surface area contributed by atoms with E-state index in [0.29, 0.717) is 16.1 Å². The number of nitrogens with zero attached hydrogens (tertiary/aromatic N) is 1. The molecule has 1 aromatic carbocycles. The van der Waals surface area contributed by atoms with E-state index in [1.807, 2.05) is 0 Å². The normalized spacial score (nSPS) is 10.1. The Morgan fingerprint density at radius 2 is 1.95 bits per heavy atom. The first-order valence-electron chi connectivity index (χ1n) is 5.79. The summed E-state index contributed by atoms with van der Waals surface area (Å²) in [5.41, 5.74) is 1.06. The number of carboxylic acid groups (broad SMARTS) is 1. The van der Waals surface area contributed by atoms with Crippen LogP contribution < -0.4 is 5.32 Å². The zero-order valence-electron chi connectivity index (χ0n) is 10.3. The molecule has 102 valence electrons. The van der Waals surface area contributed by atoms with E-state index in [-0.39, 0.29) is 18.1 Å². The standard InChI is InChI=1S/C14H11ClN2O3/c15-11-4-2-1-3-10(11)13(18)17-8-9-5-6-12(14(19)20)16-7-9/h1-7H,8H2,(H,17,18)(H,19,20). The molecule has 0 fully saturated rings. The minimum Gasteiger partial charge on any atom is -0.477 e. The van der Waals surface area contributed by atoms with Crippen LogP contribution in [0.3, 0.4) is 0 Å². The van der Waals surface area contributed by atoms with Gasteiger partial charge in [-0.25, -0.2) is 9.78 Å². The van der Waals surface area contributed by atoms with Gasteiger partial charge in [0.25, 0.3) is 5.91 Å². The van der Waals surface area contributed by atoms with Crippen molar-refractivity contribution in [1.82, 2.24) is 10.3 Å². The van der Waals surface area contributed by atoms with Crippen LogP contribution in [0, 0.1) is 0 Å². The highest BCUT2D eigenvalue weighted by molar-refractivity contribution is 6.33. The molecular weight excluding hydrogens is 280 g/mol. The lowest BCUT2D eigenvalue weighted by Crippen LogP contribution is -2.23. The number of pyridine rings is 1. The third-order valence-corrected chi connectivity index (χ3v) is 2.94. The molecule has 2 rings (SSSR count). The van der Waals surface area contributed by atoms with Gasteiger partial charge in [0.1, 0.15) is 5.69 Å². The number of aromatic nitrogens is 1. The van der Waals surface area contributed by atoms with Gasteiger partial charge in [0.2, 0.25) is 0 Å². The maximum absolute atomic E-state index is 11.9. The third kappa shape index (κ3) is 3.33. The molecule has 0 radical (unpaired) electrons. The fraction of sp³-hybridized carbons (Fsp3) is 0.0714. The molecule has 5 nitrogen and oxygen atoms in total. The van der Waals surface area contributed by atoms with Crippen molar-refractivity contribution < 1.29 is 14.7 Å². The van der Waals surface area contributed by atoms with E-state index >= 15 is 0 Å². The highest BCUT2D eigenvalue weighted by Gasteiger charge is 2.09. The van der Waals surface area contributed by atoms with Crippen LogP contribution in [-0.4, -0.2) is 22.0 Å². The summed E-state index contributed by atoms with van der Waals surface area (Å²) in [7, 11) is 0. The molecule has 0 spiro atoms. The van der Waals surface area contributed by atoms with E-state index in [4.69, 9.17) is 16.7 Å². The Morgan fingerprint density at radius 1 is 1.20 bits per heavy atom. The second-order valence-electron chi connectivity index (χ2n) is 4.02. The Bertz CT molecular complexity index is 641. The monoisotopic (exact) mass is 290 g/mol. The number of rotatable bonds is 4. The molecule has 2 N–H and O–H groups in total. The summed E-state index contributed by atoms with van der Waals surface area (Å²) in [6.07, 6.45) is 1.41. The maximum Gasteiger partial charge on any atom is 0.354 e. The third-order valence-electron chi connectivity index (χ3n) is 2.62. The Hall–Kier alpha value is -2.40. The van der Waals surface area contributed by atoms with Crippen LogP contribution in [0.4, 0.5) is 0 Å². The van der Waals surface area contributed by atoms with Crippen LogP contribution in [0.2, 0.25) is 5.02 Å². The Balaban J connectivity index is 2.00. The lowest BCUT2D eigenvalue weighted by molar-refractivity contribution is 0.0690. The lowest BCUT2D eigenvalue weighted by atomic mass is 10.2. The number of nitrogens with one attached hydrogen (secondary N) is 1. The van der Waals surface area contributed by atoms with Gasteiger partial charge >= 0.3 is 5.97 Å². The quantitative estimate of drug-likeness (QED) is 0.906. The van der Waals surface area contributed by atoms with Crippen LogP contribution >= 0.6 is 11.6 Å². The summed E-state index contributed by atoms with van der Waals surface area (Å²) in [5.74, 6) is -1.38. The summed E-state index contributed by atoms with van der Waals surface area (Å²) in [6, 6.07) is 9.73. The molecule has 0 aliphatic rings. The number of hydrogen-bond acceptors (Lipinski definition) is 3. The van der Waals surface area contributed by atoms with Crippen molar-refractivity contribution in [2.45, 2.75) is 6.54 Å². The average molecular weight is 291 g/mol. The number of aromatic carboxylic acids is 1. The predicted molar refractivity (Wildman–Crippen MR) is 73.8 cm³/mol. The Labute approximate surface area is 120 Å². The smallest absolute Gasteiger partial charge is 0.354 e. The summed E-state index contributed by atoms with van der Waals surface area (Å²) in [6.45, 7) is 0.247. The van der Waals surface area contributed by atoms with Crippen LogP contribution in [0.1, 0.15) is 26.4 Å². The van der Waals surface area contributed by atoms with Gasteiger partial charge in [-0.3, -0.25) is 4.79 Å². The van der Waals surface area contributed by atoms with Crippen molar-refractivity contribution in [2.24, 2.45) is 0 Å². The second-order valence-corrected chi connectivity index (χ2v) is 4.43. The number of benzene rings is 1. The van der Waals surface area contributed by atoms with Crippen molar-refractivity contribution in [3.8, 4) is 0 Å². The van der Waals surface area contributed by atoms with E-state index in [2.05, 4.69) is 10.3 Å². The fourth-order valence-corrected chi connectivity index (χ4v) is 1.80. The van der Waals surface area contributed by atoms with Gasteiger partial charge < -0.3 is 10.4 Å². The Morgan fingerprint density at radius 3 is 2.55 bits per heavy atom. The molecule has 0 aliphatic carbocycles. The zero-order chi connectivity index (χ0) is 14.5. The molecule has 0 aliphatic heterocycles. The van der Waals surface area contributed by atoms with Gasteiger partial charge in [-0.15, -0.1) is 0 Å². The van der Waals surface area contributed by atoms with Gasteiger partial charge in [-0.2, -0.15) is 0 Å². The number of amides is 1. The average Bonchev–Trinajstić information content (AvgIpc) is 2.45. The summed E-state index contributed by atoms with van der Waals surface area (Å²) >= 11 is 5.92. The molecule has 0 bridgehead atoms. The van der Waals surface area contributed by atoms with E-state index in [9.17, 15) is 9.59 Å². The van der Waals surface area contributed by atoms with Crippen molar-refractivity contribution in [2.75, 3.05) is 0 Å². The lowest BCUT2D eigenvalue weighted by Gasteiger charge is -2.06. The molecule has 20 heavy (non-hydrogen) atoms. The van der Waals surface area contributed by atoms with Gasteiger partial charge in [0.05, 0.1) is 10.6 Å². The van der Waals surface area contributed by atoms with Gasteiger partial charge in [0, 0.05) is 12.7 Å². The van der Waals surface area contributed by atoms with E-state index in [1.54, 1.807) is 30.3 Å². The molecule has 0 atom stereocenters. The highest BCUT2D eigenvalue weighted by Crippen LogP contribution is 2.14. The van der Waals surface area contributed by atoms with Gasteiger partial charge in [-0.05, 0) is 23.8 Å². The fourth-order valence-electron chi connectivity index (χ4n) is 1.58. The van der Waals surface area contributed by atoms with Crippen LogP contribution in [0.15, 0.2) is 42.6 Å². The molecule has 6 heteroatoms. The molecule has 0 saturated heterocycles. The first-order valence-corrected chi connectivity index (χ1v) is 6.16. The second kappa shape index (κ2) is 6.16. The van der Waals surface area contributed by atoms with E-state index < -0.39 is 5.97 Å². The molecule has 2 aromatic rings. The SMILES string of the molecule is O=C(O)c1ccc(CNC(=O)c2ccccc2Cl)cn1. The van der Waals surface area contributed by atoms with Crippen molar-refractivity contribution in [3.63, 3.8) is 0 Å². The summed E-state index contributed by atoms with van der Waals surface area (Å²) < 4.78 is 0. The minimum absolute atomic E-state index is 0.0359. The van der Waals surface area contributed by atoms with E-state index in [0.717, 1.165) is 0 Å². The number of carbonyl (C=O) groups excluding carboxylic acids is 1. The number of halogens is 1. The molecule has 1 heterocycles. The largest absolute Gasteiger partial charge is 0.477 e. The van der Waals surface area contributed by atoms with Crippen molar-refractivity contribution >= 4 is 23.5 Å². The Kier molecular flexibility index (Phi) is 4.32. The summed E-state index contributed by atoms with van der Waals surface area (Å²) in [5, 5.41) is 11.8. The van der Waals surface area contributed by atoms with E-state index in [1.165, 1.54) is 12.3 Å². The highest BCUT2D eigenvalue weighted by atomic mass is 35.5. The van der Waals surface area contributed by atoms with Gasteiger partial charge in [-0.1, -0.05) is 29.8 Å². The predicted octanol–water partition coefficient (Wildman–Crippen LogP) is 2.36. The van der Waals surface area contributed by atoms with Crippen LogP contribution in [0.5, 0.6) is 0 Å². The van der Waals surface area contributed by atoms with Crippen molar-refractivity contribution in [1.29, 1.82) is 0 Å². The van der Waals surface area contributed by atoms with Gasteiger partial charge in [0.15, 0.2) is 0 Å². The number of hydrogen-bond donors (Lipinski definition) is 2. The molecular formula is C14H11ClN2O3. The van der Waals surface area contributed by atoms with Crippen LogP contribution in [0.25, 0.3) is 0 Å². The zero-order valence-corrected chi connectivity index (χ0v) is 11.1. The number of carboxylic acids is 1. The first kappa shape index (κ1) is 14.0. The molecule has 1 aromatic heterocycles. The number of carbonyl (C=O) groups is 2.